The summed E-state index contributed by atoms with van der Waals surface area (Å²) in [5.41, 5.74) is 1.57. The molecular formula is C38H63NO4S. The number of allylic oxidation sites excluding steroid dienone is 3. The van der Waals surface area contributed by atoms with Crippen molar-refractivity contribution in [1.82, 2.24) is 4.90 Å². The van der Waals surface area contributed by atoms with Gasteiger partial charge < -0.3 is 9.64 Å². The highest BCUT2D eigenvalue weighted by Gasteiger charge is 2.36. The summed E-state index contributed by atoms with van der Waals surface area (Å²) in [5, 5.41) is 0. The number of unbranched alkanes of at least 4 members (excludes halogenated alkanes) is 13. The maximum atomic E-state index is 14.1. The van der Waals surface area contributed by atoms with Crippen LogP contribution in [0.15, 0.2) is 57.5 Å². The predicted molar refractivity (Wildman–Crippen MR) is 185 cm³/mol. The molecule has 1 aliphatic carbocycles. The van der Waals surface area contributed by atoms with Crippen molar-refractivity contribution >= 4 is 15.8 Å². The van der Waals surface area contributed by atoms with Crippen LogP contribution < -0.4 is 0 Å². The van der Waals surface area contributed by atoms with Gasteiger partial charge in [0.05, 0.1) is 11.5 Å². The van der Waals surface area contributed by atoms with Crippen LogP contribution in [-0.2, 0) is 19.4 Å². The molecule has 2 rings (SSSR count). The lowest BCUT2D eigenvalue weighted by Crippen LogP contribution is -2.32. The molecule has 0 saturated heterocycles. The summed E-state index contributed by atoms with van der Waals surface area (Å²) >= 11 is 0. The van der Waals surface area contributed by atoms with Gasteiger partial charge in [-0.1, -0.05) is 136 Å². The lowest BCUT2D eigenvalue weighted by molar-refractivity contribution is -0.138. The molecule has 0 N–H and O–H groups in total. The number of carbonyl (C=O) groups excluding carboxylic acids is 1. The van der Waals surface area contributed by atoms with Crippen LogP contribution in [0.1, 0.15) is 150 Å². The SMILES string of the molecule is CCCCCCCCN(CCCCCCCC)C1=CC(=C(C(=O)OCCCCCC)S(=O)(=O)c2ccccc2)CC(C)(C)C1. The van der Waals surface area contributed by atoms with E-state index >= 15 is 0 Å². The number of hydrogen-bond acceptors (Lipinski definition) is 5. The number of carbonyl (C=O) groups is 1. The Hall–Kier alpha value is -2.08. The minimum absolute atomic E-state index is 0.139. The molecule has 0 saturated carbocycles. The fourth-order valence-electron chi connectivity index (χ4n) is 6.18. The zero-order chi connectivity index (χ0) is 32.3. The van der Waals surface area contributed by atoms with Crippen LogP contribution in [0.4, 0.5) is 0 Å². The molecule has 0 aromatic heterocycles. The van der Waals surface area contributed by atoms with Gasteiger partial charge >= 0.3 is 5.97 Å². The van der Waals surface area contributed by atoms with Gasteiger partial charge in [0.15, 0.2) is 4.91 Å². The third-order valence-corrected chi connectivity index (χ3v) is 10.5. The largest absolute Gasteiger partial charge is 0.462 e. The second-order valence-corrected chi connectivity index (χ2v) is 15.4. The highest BCUT2D eigenvalue weighted by Crippen LogP contribution is 2.42. The molecular weight excluding hydrogens is 566 g/mol. The van der Waals surface area contributed by atoms with Crippen LogP contribution in [0.2, 0.25) is 0 Å². The summed E-state index contributed by atoms with van der Waals surface area (Å²) in [4.78, 5) is 16.1. The fourth-order valence-corrected chi connectivity index (χ4v) is 7.68. The van der Waals surface area contributed by atoms with Crippen LogP contribution in [0.25, 0.3) is 0 Å². The molecule has 0 aliphatic heterocycles. The van der Waals surface area contributed by atoms with E-state index in [1.807, 2.05) is 6.08 Å². The molecule has 0 radical (unpaired) electrons. The molecule has 1 aromatic carbocycles. The molecule has 0 unspecified atom stereocenters. The first-order valence-electron chi connectivity index (χ1n) is 17.8. The number of ether oxygens (including phenoxy) is 1. The number of sulfone groups is 1. The van der Waals surface area contributed by atoms with Gasteiger partial charge in [-0.3, -0.25) is 0 Å². The van der Waals surface area contributed by atoms with E-state index in [-0.39, 0.29) is 21.8 Å². The summed E-state index contributed by atoms with van der Waals surface area (Å²) in [6.45, 7) is 13.2. The highest BCUT2D eigenvalue weighted by atomic mass is 32.2. The van der Waals surface area contributed by atoms with E-state index < -0.39 is 15.8 Å². The molecule has 250 valence electrons. The predicted octanol–water partition coefficient (Wildman–Crippen LogP) is 10.6. The van der Waals surface area contributed by atoms with Gasteiger partial charge in [-0.25, -0.2) is 13.2 Å². The van der Waals surface area contributed by atoms with Crippen molar-refractivity contribution in [2.24, 2.45) is 5.41 Å². The summed E-state index contributed by atoms with van der Waals surface area (Å²) in [6, 6.07) is 8.36. The average Bonchev–Trinajstić information content (AvgIpc) is 2.99. The number of rotatable bonds is 23. The van der Waals surface area contributed by atoms with E-state index in [2.05, 4.69) is 39.5 Å². The maximum Gasteiger partial charge on any atom is 0.350 e. The highest BCUT2D eigenvalue weighted by molar-refractivity contribution is 7.96. The van der Waals surface area contributed by atoms with Crippen molar-refractivity contribution in [2.75, 3.05) is 19.7 Å². The molecule has 0 amide bonds. The molecule has 0 bridgehead atoms. The molecule has 0 atom stereocenters. The summed E-state index contributed by atoms with van der Waals surface area (Å²) in [7, 11) is -4.06. The minimum Gasteiger partial charge on any atom is -0.462 e. The Bertz CT molecular complexity index is 1100. The second-order valence-electron chi connectivity index (χ2n) is 13.5. The fraction of sp³-hybridized carbons (Fsp3) is 0.711. The number of nitrogens with zero attached hydrogens (tertiary/aromatic N) is 1. The zero-order valence-corrected chi connectivity index (χ0v) is 29.6. The normalized spacial score (nSPS) is 16.0. The van der Waals surface area contributed by atoms with Crippen molar-refractivity contribution < 1.29 is 17.9 Å². The van der Waals surface area contributed by atoms with Gasteiger partial charge in [0.2, 0.25) is 9.84 Å². The molecule has 5 nitrogen and oxygen atoms in total. The van der Waals surface area contributed by atoms with Crippen LogP contribution >= 0.6 is 0 Å². The van der Waals surface area contributed by atoms with Gasteiger partial charge in [-0.15, -0.1) is 0 Å². The molecule has 1 aliphatic rings. The Morgan fingerprint density at radius 2 is 1.23 bits per heavy atom. The first-order valence-corrected chi connectivity index (χ1v) is 19.3. The Morgan fingerprint density at radius 3 is 1.77 bits per heavy atom. The van der Waals surface area contributed by atoms with Gasteiger partial charge in [0.1, 0.15) is 0 Å². The van der Waals surface area contributed by atoms with Crippen molar-refractivity contribution in [3.63, 3.8) is 0 Å². The number of esters is 1. The van der Waals surface area contributed by atoms with E-state index in [1.165, 1.54) is 64.2 Å². The topological polar surface area (TPSA) is 63.7 Å². The quantitative estimate of drug-likeness (QED) is 0.0684. The van der Waals surface area contributed by atoms with Crippen molar-refractivity contribution in [3.05, 3.63) is 52.6 Å². The maximum absolute atomic E-state index is 14.1. The second kappa shape index (κ2) is 20.9. The number of hydrogen-bond donors (Lipinski definition) is 0. The summed E-state index contributed by atoms with van der Waals surface area (Å²) in [6.07, 6.45) is 22.2. The van der Waals surface area contributed by atoms with Gasteiger partial charge in [-0.2, -0.15) is 0 Å². The van der Waals surface area contributed by atoms with Gasteiger partial charge in [0, 0.05) is 18.8 Å². The van der Waals surface area contributed by atoms with Gasteiger partial charge in [0.25, 0.3) is 0 Å². The van der Waals surface area contributed by atoms with Crippen molar-refractivity contribution in [3.8, 4) is 0 Å². The van der Waals surface area contributed by atoms with Gasteiger partial charge in [-0.05, 0) is 61.3 Å². The standard InChI is InChI=1S/C38H63NO4S/c1-6-9-12-15-17-22-27-39(28-23-18-16-13-10-7-2)34-30-33(31-38(4,5)32-34)36(37(40)43-29-24-14-11-8-3)44(41,42)35-25-20-19-21-26-35/h19-21,25-26,30H,6-18,22-24,27-29,31-32H2,1-5H3. The van der Waals surface area contributed by atoms with Crippen LogP contribution in [0.5, 0.6) is 0 Å². The van der Waals surface area contributed by atoms with E-state index in [0.717, 1.165) is 63.7 Å². The Kier molecular flexibility index (Phi) is 18.1. The van der Waals surface area contributed by atoms with E-state index in [4.69, 9.17) is 4.74 Å². The minimum atomic E-state index is -4.06. The Labute approximate surface area is 270 Å². The van der Waals surface area contributed by atoms with Crippen LogP contribution in [-0.4, -0.2) is 39.0 Å². The molecule has 0 fully saturated rings. The Morgan fingerprint density at radius 1 is 0.727 bits per heavy atom. The van der Waals surface area contributed by atoms with Crippen molar-refractivity contribution in [2.45, 2.75) is 155 Å². The zero-order valence-electron chi connectivity index (χ0n) is 28.8. The molecule has 0 spiro atoms. The van der Waals surface area contributed by atoms with Crippen molar-refractivity contribution in [1.29, 1.82) is 0 Å². The molecule has 6 heteroatoms. The number of benzene rings is 1. The third-order valence-electron chi connectivity index (χ3n) is 8.67. The summed E-state index contributed by atoms with van der Waals surface area (Å²) in [5.74, 6) is -0.716. The lowest BCUT2D eigenvalue weighted by atomic mass is 9.76. The monoisotopic (exact) mass is 629 g/mol. The van der Waals surface area contributed by atoms with Crippen LogP contribution in [0, 0.1) is 5.41 Å². The van der Waals surface area contributed by atoms with E-state index in [1.54, 1.807) is 30.3 Å². The van der Waals surface area contributed by atoms with E-state index in [9.17, 15) is 13.2 Å². The first-order chi connectivity index (χ1) is 21.2. The third kappa shape index (κ3) is 13.5. The average molecular weight is 630 g/mol. The Balaban J connectivity index is 2.45. The molecule has 1 aromatic rings. The van der Waals surface area contributed by atoms with Crippen LogP contribution in [0.3, 0.4) is 0 Å². The van der Waals surface area contributed by atoms with E-state index in [0.29, 0.717) is 12.0 Å². The first kappa shape index (κ1) is 38.1. The molecule has 44 heavy (non-hydrogen) atoms. The smallest absolute Gasteiger partial charge is 0.350 e. The summed E-state index contributed by atoms with van der Waals surface area (Å²) < 4.78 is 33.9. The lowest BCUT2D eigenvalue weighted by Gasteiger charge is -2.38. The molecule has 0 heterocycles.